The maximum atomic E-state index is 11.7. The molecule has 2 fully saturated rings. The summed E-state index contributed by atoms with van der Waals surface area (Å²) >= 11 is 0. The number of aromatic nitrogens is 1. The Morgan fingerprint density at radius 1 is 1.41 bits per heavy atom. The molecule has 4 heteroatoms. The number of fused-ring (bicyclic) bond motifs is 2. The molecule has 2 bridgehead atoms. The fourth-order valence-electron chi connectivity index (χ4n) is 2.84. The standard InChI is InChI=1S/C13H15N3O/c17-13(11-3-1-2-6-14-11)16-15-12-8-9-4-5-10(12)7-9/h1-3,6,9-10H,4-5,7-8H2,(H,16,17)/b15-12+/t9-,10-/m1/s1. The van der Waals surface area contributed by atoms with Crippen LogP contribution in [0.25, 0.3) is 0 Å². The summed E-state index contributed by atoms with van der Waals surface area (Å²) in [5, 5.41) is 4.26. The zero-order valence-electron chi connectivity index (χ0n) is 9.60. The molecule has 1 aromatic rings. The molecule has 3 rings (SSSR count). The zero-order chi connectivity index (χ0) is 11.7. The largest absolute Gasteiger partial charge is 0.289 e. The molecule has 0 spiro atoms. The van der Waals surface area contributed by atoms with Gasteiger partial charge in [0.15, 0.2) is 0 Å². The third-order valence-electron chi connectivity index (χ3n) is 3.71. The number of rotatable bonds is 2. The molecule has 2 saturated carbocycles. The predicted octanol–water partition coefficient (Wildman–Crippen LogP) is 1.99. The highest BCUT2D eigenvalue weighted by atomic mass is 16.2. The average molecular weight is 229 g/mol. The SMILES string of the molecule is O=C(N/N=C1\C[C@@H]2CC[C@@H]1C2)c1ccccn1. The molecule has 1 amide bonds. The van der Waals surface area contributed by atoms with E-state index in [9.17, 15) is 4.79 Å². The molecule has 0 radical (unpaired) electrons. The van der Waals surface area contributed by atoms with E-state index in [1.807, 2.05) is 0 Å². The van der Waals surface area contributed by atoms with Crippen molar-refractivity contribution >= 4 is 11.6 Å². The normalized spacial score (nSPS) is 28.6. The van der Waals surface area contributed by atoms with Crippen LogP contribution >= 0.6 is 0 Å². The lowest BCUT2D eigenvalue weighted by atomic mass is 9.99. The summed E-state index contributed by atoms with van der Waals surface area (Å²) in [4.78, 5) is 15.7. The van der Waals surface area contributed by atoms with Gasteiger partial charge >= 0.3 is 0 Å². The zero-order valence-corrected chi connectivity index (χ0v) is 9.60. The van der Waals surface area contributed by atoms with Crippen LogP contribution in [0.1, 0.15) is 36.2 Å². The van der Waals surface area contributed by atoms with Crippen molar-refractivity contribution in [2.24, 2.45) is 16.9 Å². The Labute approximate surface area is 100 Å². The predicted molar refractivity (Wildman–Crippen MR) is 64.6 cm³/mol. The highest BCUT2D eigenvalue weighted by molar-refractivity contribution is 5.95. The quantitative estimate of drug-likeness (QED) is 0.788. The monoisotopic (exact) mass is 229 g/mol. The van der Waals surface area contributed by atoms with E-state index >= 15 is 0 Å². The van der Waals surface area contributed by atoms with Gasteiger partial charge in [0.2, 0.25) is 0 Å². The highest BCUT2D eigenvalue weighted by Gasteiger charge is 2.36. The summed E-state index contributed by atoms with van der Waals surface area (Å²) in [5.41, 5.74) is 4.20. The third kappa shape index (κ3) is 2.07. The van der Waals surface area contributed by atoms with Crippen LogP contribution in [0.15, 0.2) is 29.5 Å². The van der Waals surface area contributed by atoms with Gasteiger partial charge in [0.05, 0.1) is 0 Å². The Morgan fingerprint density at radius 2 is 2.35 bits per heavy atom. The Kier molecular flexibility index (Phi) is 2.63. The van der Waals surface area contributed by atoms with E-state index in [0.717, 1.165) is 12.3 Å². The van der Waals surface area contributed by atoms with Gasteiger partial charge in [-0.15, -0.1) is 0 Å². The minimum absolute atomic E-state index is 0.221. The highest BCUT2D eigenvalue weighted by Crippen LogP contribution is 2.42. The van der Waals surface area contributed by atoms with Crippen LogP contribution in [0.2, 0.25) is 0 Å². The minimum atomic E-state index is -0.221. The van der Waals surface area contributed by atoms with Gasteiger partial charge in [-0.2, -0.15) is 5.10 Å². The number of carbonyl (C=O) groups excluding carboxylic acids is 1. The lowest BCUT2D eigenvalue weighted by Gasteiger charge is -2.11. The molecule has 88 valence electrons. The van der Waals surface area contributed by atoms with E-state index in [0.29, 0.717) is 11.6 Å². The molecule has 1 heterocycles. The van der Waals surface area contributed by atoms with Crippen molar-refractivity contribution in [2.45, 2.75) is 25.7 Å². The summed E-state index contributed by atoms with van der Waals surface area (Å²) < 4.78 is 0. The lowest BCUT2D eigenvalue weighted by molar-refractivity contribution is 0.0949. The molecule has 17 heavy (non-hydrogen) atoms. The molecular formula is C13H15N3O. The van der Waals surface area contributed by atoms with Crippen molar-refractivity contribution in [1.82, 2.24) is 10.4 Å². The summed E-state index contributed by atoms with van der Waals surface area (Å²) in [6.07, 6.45) is 6.51. The first-order valence-electron chi connectivity index (χ1n) is 6.11. The van der Waals surface area contributed by atoms with E-state index in [1.54, 1.807) is 24.4 Å². The van der Waals surface area contributed by atoms with E-state index in [1.165, 1.54) is 25.0 Å². The van der Waals surface area contributed by atoms with E-state index < -0.39 is 0 Å². The van der Waals surface area contributed by atoms with E-state index in [-0.39, 0.29) is 5.91 Å². The van der Waals surface area contributed by atoms with Gasteiger partial charge in [0, 0.05) is 11.9 Å². The second-order valence-electron chi connectivity index (χ2n) is 4.84. The Balaban J connectivity index is 1.65. The second-order valence-corrected chi connectivity index (χ2v) is 4.84. The van der Waals surface area contributed by atoms with E-state index in [4.69, 9.17) is 0 Å². The van der Waals surface area contributed by atoms with Gasteiger partial charge in [-0.1, -0.05) is 6.07 Å². The summed E-state index contributed by atoms with van der Waals surface area (Å²) in [6.45, 7) is 0. The van der Waals surface area contributed by atoms with Crippen LogP contribution in [-0.4, -0.2) is 16.6 Å². The minimum Gasteiger partial charge on any atom is -0.266 e. The van der Waals surface area contributed by atoms with Crippen molar-refractivity contribution in [2.75, 3.05) is 0 Å². The first kappa shape index (κ1) is 10.4. The summed E-state index contributed by atoms with van der Waals surface area (Å²) in [7, 11) is 0. The molecular weight excluding hydrogens is 214 g/mol. The van der Waals surface area contributed by atoms with Crippen LogP contribution in [0.3, 0.4) is 0 Å². The fraction of sp³-hybridized carbons (Fsp3) is 0.462. The average Bonchev–Trinajstić information content (AvgIpc) is 2.99. The number of hydrogen-bond donors (Lipinski definition) is 1. The Morgan fingerprint density at radius 3 is 3.00 bits per heavy atom. The van der Waals surface area contributed by atoms with Crippen molar-refractivity contribution in [3.05, 3.63) is 30.1 Å². The number of hydrogen-bond acceptors (Lipinski definition) is 3. The van der Waals surface area contributed by atoms with Gasteiger partial charge in [0.25, 0.3) is 5.91 Å². The Bertz CT molecular complexity index is 455. The summed E-state index contributed by atoms with van der Waals surface area (Å²) in [6, 6.07) is 5.28. The first-order chi connectivity index (χ1) is 8.33. The number of hydrazone groups is 1. The first-order valence-corrected chi connectivity index (χ1v) is 6.11. The maximum Gasteiger partial charge on any atom is 0.289 e. The fourth-order valence-corrected chi connectivity index (χ4v) is 2.84. The smallest absolute Gasteiger partial charge is 0.266 e. The molecule has 2 atom stereocenters. The van der Waals surface area contributed by atoms with Crippen molar-refractivity contribution in [3.8, 4) is 0 Å². The van der Waals surface area contributed by atoms with Crippen LogP contribution in [0.4, 0.5) is 0 Å². The number of carbonyl (C=O) groups is 1. The van der Waals surface area contributed by atoms with Crippen LogP contribution in [-0.2, 0) is 0 Å². The van der Waals surface area contributed by atoms with Crippen LogP contribution < -0.4 is 5.43 Å². The topological polar surface area (TPSA) is 54.4 Å². The maximum absolute atomic E-state index is 11.7. The van der Waals surface area contributed by atoms with Crippen molar-refractivity contribution in [3.63, 3.8) is 0 Å². The van der Waals surface area contributed by atoms with Gasteiger partial charge < -0.3 is 0 Å². The van der Waals surface area contributed by atoms with Crippen LogP contribution in [0.5, 0.6) is 0 Å². The van der Waals surface area contributed by atoms with E-state index in [2.05, 4.69) is 15.5 Å². The molecule has 0 saturated heterocycles. The van der Waals surface area contributed by atoms with Gasteiger partial charge in [-0.05, 0) is 49.7 Å². The number of nitrogens with one attached hydrogen (secondary N) is 1. The molecule has 0 aromatic carbocycles. The molecule has 0 aliphatic heterocycles. The number of pyridine rings is 1. The van der Waals surface area contributed by atoms with Crippen molar-refractivity contribution < 1.29 is 4.79 Å². The van der Waals surface area contributed by atoms with Crippen LogP contribution in [0, 0.1) is 11.8 Å². The Hall–Kier alpha value is -1.71. The van der Waals surface area contributed by atoms with Gasteiger partial charge in [-0.25, -0.2) is 5.43 Å². The molecule has 1 aromatic heterocycles. The van der Waals surface area contributed by atoms with Gasteiger partial charge in [0.1, 0.15) is 5.69 Å². The van der Waals surface area contributed by atoms with Gasteiger partial charge in [-0.3, -0.25) is 9.78 Å². The third-order valence-corrected chi connectivity index (χ3v) is 3.71. The lowest BCUT2D eigenvalue weighted by Crippen LogP contribution is -2.22. The number of nitrogens with zero attached hydrogens (tertiary/aromatic N) is 2. The molecule has 2 aliphatic rings. The van der Waals surface area contributed by atoms with Crippen molar-refractivity contribution in [1.29, 1.82) is 0 Å². The molecule has 2 aliphatic carbocycles. The molecule has 1 N–H and O–H groups in total. The molecule has 0 unspecified atom stereocenters. The second kappa shape index (κ2) is 4.28. The number of amides is 1. The molecule has 4 nitrogen and oxygen atoms in total. The summed E-state index contributed by atoms with van der Waals surface area (Å²) in [5.74, 6) is 1.20.